The molecule has 0 aliphatic carbocycles. The fourth-order valence-corrected chi connectivity index (χ4v) is 3.67. The summed E-state index contributed by atoms with van der Waals surface area (Å²) in [4.78, 5) is 16.7. The van der Waals surface area contributed by atoms with E-state index in [-0.39, 0.29) is 10.8 Å². The Bertz CT molecular complexity index is 1090. The minimum absolute atomic E-state index is 0.0882. The van der Waals surface area contributed by atoms with Crippen molar-refractivity contribution in [1.29, 1.82) is 0 Å². The van der Waals surface area contributed by atoms with Crippen LogP contribution in [0.3, 0.4) is 0 Å². The summed E-state index contributed by atoms with van der Waals surface area (Å²) in [5.41, 5.74) is 2.23. The van der Waals surface area contributed by atoms with Gasteiger partial charge in [0.05, 0.1) is 4.90 Å². The van der Waals surface area contributed by atoms with Crippen molar-refractivity contribution in [2.45, 2.75) is 18.4 Å². The summed E-state index contributed by atoms with van der Waals surface area (Å²) < 4.78 is 27.5. The first-order chi connectivity index (χ1) is 13.3. The molecule has 1 N–H and O–H groups in total. The van der Waals surface area contributed by atoms with Gasteiger partial charge in [-0.05, 0) is 42.8 Å². The molecule has 0 radical (unpaired) electrons. The summed E-state index contributed by atoms with van der Waals surface area (Å²) in [7, 11) is -0.673. The SMILES string of the molecule is Cc1nccn1-c1ccc(CNC(=O)c2cccc(S(=O)(=O)N(C)C)c2)cc1. The van der Waals surface area contributed by atoms with Gasteiger partial charge in [0.1, 0.15) is 5.82 Å². The van der Waals surface area contributed by atoms with Crippen molar-refractivity contribution < 1.29 is 13.2 Å². The van der Waals surface area contributed by atoms with Crippen molar-refractivity contribution in [3.05, 3.63) is 77.9 Å². The maximum Gasteiger partial charge on any atom is 0.251 e. The van der Waals surface area contributed by atoms with E-state index in [1.165, 1.54) is 26.2 Å². The van der Waals surface area contributed by atoms with E-state index in [4.69, 9.17) is 0 Å². The molecule has 1 heterocycles. The predicted octanol–water partition coefficient (Wildman–Crippen LogP) is 2.36. The Morgan fingerprint density at radius 3 is 2.46 bits per heavy atom. The van der Waals surface area contributed by atoms with Crippen molar-refractivity contribution in [1.82, 2.24) is 19.2 Å². The lowest BCUT2D eigenvalue weighted by atomic mass is 10.2. The normalized spacial score (nSPS) is 11.6. The van der Waals surface area contributed by atoms with Gasteiger partial charge in [-0.3, -0.25) is 4.79 Å². The molecule has 0 saturated heterocycles. The molecule has 0 aliphatic rings. The van der Waals surface area contributed by atoms with Gasteiger partial charge in [-0.2, -0.15) is 0 Å². The Kier molecular flexibility index (Phi) is 5.62. The molecule has 146 valence electrons. The second-order valence-corrected chi connectivity index (χ2v) is 8.66. The molecule has 8 heteroatoms. The maximum absolute atomic E-state index is 12.4. The number of imidazole rings is 1. The lowest BCUT2D eigenvalue weighted by Crippen LogP contribution is -2.25. The number of hydrogen-bond donors (Lipinski definition) is 1. The van der Waals surface area contributed by atoms with Crippen LogP contribution >= 0.6 is 0 Å². The Hall–Kier alpha value is -2.97. The van der Waals surface area contributed by atoms with Crippen LogP contribution in [0.2, 0.25) is 0 Å². The molecule has 0 spiro atoms. The lowest BCUT2D eigenvalue weighted by molar-refractivity contribution is 0.0950. The van der Waals surface area contributed by atoms with E-state index in [2.05, 4.69) is 10.3 Å². The van der Waals surface area contributed by atoms with Gasteiger partial charge in [0.25, 0.3) is 5.91 Å². The number of benzene rings is 2. The van der Waals surface area contributed by atoms with E-state index in [0.717, 1.165) is 21.4 Å². The summed E-state index contributed by atoms with van der Waals surface area (Å²) >= 11 is 0. The standard InChI is InChI=1S/C20H22N4O3S/c1-15-21-11-12-24(15)18-9-7-16(8-10-18)14-22-20(25)17-5-4-6-19(13-17)28(26,27)23(2)3/h4-13H,14H2,1-3H3,(H,22,25). The monoisotopic (exact) mass is 398 g/mol. The molecule has 0 saturated carbocycles. The highest BCUT2D eigenvalue weighted by Crippen LogP contribution is 2.15. The van der Waals surface area contributed by atoms with E-state index in [9.17, 15) is 13.2 Å². The van der Waals surface area contributed by atoms with Crippen LogP contribution in [0.15, 0.2) is 65.8 Å². The zero-order chi connectivity index (χ0) is 20.3. The topological polar surface area (TPSA) is 84.3 Å². The zero-order valence-electron chi connectivity index (χ0n) is 16.0. The number of carbonyl (C=O) groups excluding carboxylic acids is 1. The Labute approximate surface area is 164 Å². The van der Waals surface area contributed by atoms with Crippen molar-refractivity contribution in [3.8, 4) is 5.69 Å². The lowest BCUT2D eigenvalue weighted by Gasteiger charge is -2.12. The number of aromatic nitrogens is 2. The summed E-state index contributed by atoms with van der Waals surface area (Å²) in [6.07, 6.45) is 3.63. The predicted molar refractivity (Wildman–Crippen MR) is 107 cm³/mol. The van der Waals surface area contributed by atoms with E-state index < -0.39 is 10.0 Å². The fraction of sp³-hybridized carbons (Fsp3) is 0.200. The smallest absolute Gasteiger partial charge is 0.251 e. The van der Waals surface area contributed by atoms with Gasteiger partial charge >= 0.3 is 0 Å². The first kappa shape index (κ1) is 19.8. The van der Waals surface area contributed by atoms with Crippen LogP contribution in [0.1, 0.15) is 21.7 Å². The van der Waals surface area contributed by atoms with Crippen LogP contribution in [0, 0.1) is 6.92 Å². The van der Waals surface area contributed by atoms with Crippen LogP contribution < -0.4 is 5.32 Å². The molecule has 7 nitrogen and oxygen atoms in total. The first-order valence-electron chi connectivity index (χ1n) is 8.69. The molecule has 0 atom stereocenters. The number of aryl methyl sites for hydroxylation is 1. The van der Waals surface area contributed by atoms with Crippen LogP contribution in [-0.4, -0.2) is 42.3 Å². The largest absolute Gasteiger partial charge is 0.348 e. The van der Waals surface area contributed by atoms with Gasteiger partial charge in [-0.15, -0.1) is 0 Å². The quantitative estimate of drug-likeness (QED) is 0.691. The molecule has 3 rings (SSSR count). The van der Waals surface area contributed by atoms with Crippen molar-refractivity contribution >= 4 is 15.9 Å². The number of amides is 1. The summed E-state index contributed by atoms with van der Waals surface area (Å²) in [6.45, 7) is 2.27. The van der Waals surface area contributed by atoms with Gasteiger partial charge in [0.15, 0.2) is 0 Å². The number of sulfonamides is 1. The highest BCUT2D eigenvalue weighted by atomic mass is 32.2. The second kappa shape index (κ2) is 7.95. The number of rotatable bonds is 6. The van der Waals surface area contributed by atoms with E-state index in [1.54, 1.807) is 18.3 Å². The van der Waals surface area contributed by atoms with Gasteiger partial charge in [-0.25, -0.2) is 17.7 Å². The van der Waals surface area contributed by atoms with Crippen molar-refractivity contribution in [2.75, 3.05) is 14.1 Å². The molecule has 3 aromatic rings. The van der Waals surface area contributed by atoms with Crippen LogP contribution in [-0.2, 0) is 16.6 Å². The van der Waals surface area contributed by atoms with Gasteiger partial charge in [0.2, 0.25) is 10.0 Å². The van der Waals surface area contributed by atoms with Crippen LogP contribution in [0.5, 0.6) is 0 Å². The minimum Gasteiger partial charge on any atom is -0.348 e. The number of carbonyl (C=O) groups is 1. The van der Waals surface area contributed by atoms with Crippen LogP contribution in [0.4, 0.5) is 0 Å². The molecule has 1 amide bonds. The van der Waals surface area contributed by atoms with E-state index in [0.29, 0.717) is 12.1 Å². The number of hydrogen-bond acceptors (Lipinski definition) is 4. The molecule has 1 aromatic heterocycles. The summed E-state index contributed by atoms with van der Waals surface area (Å²) in [5, 5.41) is 2.82. The van der Waals surface area contributed by atoms with Gasteiger partial charge < -0.3 is 9.88 Å². The zero-order valence-corrected chi connectivity index (χ0v) is 16.8. The highest BCUT2D eigenvalue weighted by molar-refractivity contribution is 7.89. The minimum atomic E-state index is -3.58. The Morgan fingerprint density at radius 2 is 1.86 bits per heavy atom. The van der Waals surface area contributed by atoms with E-state index in [1.807, 2.05) is 42.0 Å². The number of nitrogens with one attached hydrogen (secondary N) is 1. The van der Waals surface area contributed by atoms with E-state index >= 15 is 0 Å². The molecular weight excluding hydrogens is 376 g/mol. The average molecular weight is 398 g/mol. The van der Waals surface area contributed by atoms with Crippen LogP contribution in [0.25, 0.3) is 5.69 Å². The third-order valence-corrected chi connectivity index (χ3v) is 6.18. The van der Waals surface area contributed by atoms with Crippen molar-refractivity contribution in [3.63, 3.8) is 0 Å². The Morgan fingerprint density at radius 1 is 1.14 bits per heavy atom. The summed E-state index contributed by atoms with van der Waals surface area (Å²) in [6, 6.07) is 13.8. The molecule has 2 aromatic carbocycles. The number of nitrogens with zero attached hydrogens (tertiary/aromatic N) is 3. The third-order valence-electron chi connectivity index (χ3n) is 4.37. The molecule has 28 heavy (non-hydrogen) atoms. The fourth-order valence-electron chi connectivity index (χ4n) is 2.72. The average Bonchev–Trinajstić information content (AvgIpc) is 3.12. The second-order valence-electron chi connectivity index (χ2n) is 6.51. The Balaban J connectivity index is 1.68. The molecule has 0 bridgehead atoms. The first-order valence-corrected chi connectivity index (χ1v) is 10.1. The highest BCUT2D eigenvalue weighted by Gasteiger charge is 2.18. The van der Waals surface area contributed by atoms with Gasteiger partial charge in [-0.1, -0.05) is 18.2 Å². The maximum atomic E-state index is 12.4. The van der Waals surface area contributed by atoms with Crippen molar-refractivity contribution in [2.24, 2.45) is 0 Å². The molecule has 0 unspecified atom stereocenters. The molecule has 0 fully saturated rings. The summed E-state index contributed by atoms with van der Waals surface area (Å²) in [5.74, 6) is 0.568. The third kappa shape index (κ3) is 4.13. The molecule has 0 aliphatic heterocycles. The molecular formula is C20H22N4O3S. The van der Waals surface area contributed by atoms with Gasteiger partial charge in [0, 0.05) is 44.3 Å².